The number of hydrogen-bond donors (Lipinski definition) is 1. The van der Waals surface area contributed by atoms with Crippen LogP contribution in [0.15, 0.2) is 0 Å². The predicted octanol–water partition coefficient (Wildman–Crippen LogP) is 3.03. The summed E-state index contributed by atoms with van der Waals surface area (Å²) >= 11 is 0. The Labute approximate surface area is 107 Å². The molecule has 1 heterocycles. The van der Waals surface area contributed by atoms with Gasteiger partial charge >= 0.3 is 0 Å². The molecule has 100 valence electrons. The predicted molar refractivity (Wildman–Crippen MR) is 74.3 cm³/mol. The lowest BCUT2D eigenvalue weighted by Crippen LogP contribution is -2.59. The van der Waals surface area contributed by atoms with Crippen LogP contribution in [-0.4, -0.2) is 36.1 Å². The molecule has 0 aromatic rings. The van der Waals surface area contributed by atoms with Crippen LogP contribution in [0.25, 0.3) is 0 Å². The Morgan fingerprint density at radius 2 is 1.88 bits per heavy atom. The minimum atomic E-state index is 0.792. The number of nitrogens with one attached hydrogen (secondary N) is 1. The molecule has 0 aromatic carbocycles. The average Bonchev–Trinajstić information content (AvgIpc) is 3.17. The first kappa shape index (κ1) is 13.4. The molecule has 2 fully saturated rings. The second-order valence-electron chi connectivity index (χ2n) is 5.96. The van der Waals surface area contributed by atoms with Gasteiger partial charge in [-0.25, -0.2) is 0 Å². The molecule has 1 N–H and O–H groups in total. The number of hydrogen-bond acceptors (Lipinski definition) is 2. The van der Waals surface area contributed by atoms with Crippen LogP contribution in [0, 0.1) is 5.92 Å². The molecular weight excluding hydrogens is 208 g/mol. The standard InChI is InChI=1S/C15H30N2/c1-4-7-14-10-16-15(12-8-9-12)11-17(14)13(5-2)6-3/h12-16H,4-11H2,1-3H3. The van der Waals surface area contributed by atoms with Crippen molar-refractivity contribution in [3.63, 3.8) is 0 Å². The maximum atomic E-state index is 3.81. The fraction of sp³-hybridized carbons (Fsp3) is 1.00. The number of rotatable bonds is 6. The second-order valence-corrected chi connectivity index (χ2v) is 5.96. The van der Waals surface area contributed by atoms with Gasteiger partial charge in [0.2, 0.25) is 0 Å². The van der Waals surface area contributed by atoms with Crippen molar-refractivity contribution in [2.45, 2.75) is 77.4 Å². The lowest BCUT2D eigenvalue weighted by atomic mass is 9.97. The summed E-state index contributed by atoms with van der Waals surface area (Å²) in [6.45, 7) is 9.56. The van der Waals surface area contributed by atoms with E-state index < -0.39 is 0 Å². The Kier molecular flexibility index (Phi) is 4.87. The lowest BCUT2D eigenvalue weighted by Gasteiger charge is -2.44. The lowest BCUT2D eigenvalue weighted by molar-refractivity contribution is 0.0660. The van der Waals surface area contributed by atoms with E-state index in [2.05, 4.69) is 31.0 Å². The van der Waals surface area contributed by atoms with Crippen LogP contribution in [0.3, 0.4) is 0 Å². The van der Waals surface area contributed by atoms with E-state index in [1.807, 2.05) is 0 Å². The van der Waals surface area contributed by atoms with Gasteiger partial charge in [-0.2, -0.15) is 0 Å². The van der Waals surface area contributed by atoms with Crippen LogP contribution < -0.4 is 5.32 Å². The van der Waals surface area contributed by atoms with Crippen molar-refractivity contribution in [1.82, 2.24) is 10.2 Å². The molecule has 2 heteroatoms. The SMILES string of the molecule is CCCC1CNC(C2CC2)CN1C(CC)CC. The summed E-state index contributed by atoms with van der Waals surface area (Å²) in [5.74, 6) is 0.995. The maximum absolute atomic E-state index is 3.81. The molecule has 2 aliphatic rings. The van der Waals surface area contributed by atoms with Gasteiger partial charge in [0, 0.05) is 31.2 Å². The Balaban J connectivity index is 1.97. The average molecular weight is 238 g/mol. The molecule has 0 bridgehead atoms. The fourth-order valence-corrected chi connectivity index (χ4v) is 3.47. The van der Waals surface area contributed by atoms with Gasteiger partial charge in [0.05, 0.1) is 0 Å². The number of piperazine rings is 1. The Bertz CT molecular complexity index is 221. The summed E-state index contributed by atoms with van der Waals surface area (Å²) in [6.07, 6.45) is 8.24. The molecule has 0 spiro atoms. The Morgan fingerprint density at radius 1 is 1.18 bits per heavy atom. The van der Waals surface area contributed by atoms with E-state index in [1.54, 1.807) is 0 Å². The van der Waals surface area contributed by atoms with Gasteiger partial charge in [-0.05, 0) is 38.0 Å². The molecule has 2 rings (SSSR count). The molecule has 1 aliphatic heterocycles. The molecule has 17 heavy (non-hydrogen) atoms. The van der Waals surface area contributed by atoms with Crippen molar-refractivity contribution in [2.24, 2.45) is 5.92 Å². The van der Waals surface area contributed by atoms with E-state index in [0.29, 0.717) is 0 Å². The van der Waals surface area contributed by atoms with Crippen LogP contribution in [0.4, 0.5) is 0 Å². The van der Waals surface area contributed by atoms with Crippen LogP contribution in [-0.2, 0) is 0 Å². The second kappa shape index (κ2) is 6.19. The first-order valence-corrected chi connectivity index (χ1v) is 7.79. The van der Waals surface area contributed by atoms with Crippen LogP contribution in [0.2, 0.25) is 0 Å². The van der Waals surface area contributed by atoms with Crippen LogP contribution >= 0.6 is 0 Å². The van der Waals surface area contributed by atoms with Gasteiger partial charge in [0.25, 0.3) is 0 Å². The topological polar surface area (TPSA) is 15.3 Å². The van der Waals surface area contributed by atoms with E-state index in [4.69, 9.17) is 0 Å². The molecule has 0 amide bonds. The minimum Gasteiger partial charge on any atom is -0.311 e. The summed E-state index contributed by atoms with van der Waals surface area (Å²) in [4.78, 5) is 2.84. The van der Waals surface area contributed by atoms with E-state index >= 15 is 0 Å². The molecule has 1 saturated carbocycles. The normalized spacial score (nSPS) is 31.1. The van der Waals surface area contributed by atoms with Crippen molar-refractivity contribution in [2.75, 3.05) is 13.1 Å². The molecule has 1 saturated heterocycles. The third-order valence-electron chi connectivity index (χ3n) is 4.72. The smallest absolute Gasteiger partial charge is 0.0224 e. The zero-order valence-corrected chi connectivity index (χ0v) is 11.9. The van der Waals surface area contributed by atoms with Crippen LogP contribution in [0.1, 0.15) is 59.3 Å². The molecule has 2 atom stereocenters. The largest absolute Gasteiger partial charge is 0.311 e. The van der Waals surface area contributed by atoms with Gasteiger partial charge in [0.1, 0.15) is 0 Å². The molecule has 0 aromatic heterocycles. The van der Waals surface area contributed by atoms with Crippen LogP contribution in [0.5, 0.6) is 0 Å². The Morgan fingerprint density at radius 3 is 2.41 bits per heavy atom. The zero-order chi connectivity index (χ0) is 12.3. The summed E-state index contributed by atoms with van der Waals surface area (Å²) < 4.78 is 0. The monoisotopic (exact) mass is 238 g/mol. The molecular formula is C15H30N2. The first-order chi connectivity index (χ1) is 8.30. The summed E-state index contributed by atoms with van der Waals surface area (Å²) in [5, 5.41) is 3.81. The maximum Gasteiger partial charge on any atom is 0.0224 e. The highest BCUT2D eigenvalue weighted by Gasteiger charge is 2.38. The molecule has 2 nitrogen and oxygen atoms in total. The quantitative estimate of drug-likeness (QED) is 0.765. The van der Waals surface area contributed by atoms with Crippen molar-refractivity contribution >= 4 is 0 Å². The highest BCUT2D eigenvalue weighted by Crippen LogP contribution is 2.35. The highest BCUT2D eigenvalue weighted by atomic mass is 15.3. The Hall–Kier alpha value is -0.0800. The van der Waals surface area contributed by atoms with Gasteiger partial charge in [-0.1, -0.05) is 27.2 Å². The fourth-order valence-electron chi connectivity index (χ4n) is 3.47. The molecule has 0 radical (unpaired) electrons. The minimum absolute atomic E-state index is 0.792. The van der Waals surface area contributed by atoms with Crippen molar-refractivity contribution < 1.29 is 0 Å². The number of nitrogens with zero attached hydrogens (tertiary/aromatic N) is 1. The molecule has 1 aliphatic carbocycles. The first-order valence-electron chi connectivity index (χ1n) is 7.79. The van der Waals surface area contributed by atoms with Gasteiger partial charge in [-0.3, -0.25) is 4.90 Å². The summed E-state index contributed by atoms with van der Waals surface area (Å²) in [5.41, 5.74) is 0. The van der Waals surface area contributed by atoms with E-state index in [-0.39, 0.29) is 0 Å². The van der Waals surface area contributed by atoms with Crippen molar-refractivity contribution in [3.8, 4) is 0 Å². The zero-order valence-electron chi connectivity index (χ0n) is 11.9. The van der Waals surface area contributed by atoms with Gasteiger partial charge in [0.15, 0.2) is 0 Å². The molecule has 2 unspecified atom stereocenters. The summed E-state index contributed by atoms with van der Waals surface area (Å²) in [7, 11) is 0. The van der Waals surface area contributed by atoms with E-state index in [1.165, 1.54) is 51.6 Å². The van der Waals surface area contributed by atoms with Gasteiger partial charge in [-0.15, -0.1) is 0 Å². The van der Waals surface area contributed by atoms with Crippen molar-refractivity contribution in [3.05, 3.63) is 0 Å². The summed E-state index contributed by atoms with van der Waals surface area (Å²) in [6, 6.07) is 2.40. The van der Waals surface area contributed by atoms with E-state index in [0.717, 1.165) is 24.0 Å². The highest BCUT2D eigenvalue weighted by molar-refractivity contribution is 4.95. The third-order valence-corrected chi connectivity index (χ3v) is 4.72. The van der Waals surface area contributed by atoms with Gasteiger partial charge < -0.3 is 5.32 Å². The third kappa shape index (κ3) is 3.23. The van der Waals surface area contributed by atoms with E-state index in [9.17, 15) is 0 Å². The van der Waals surface area contributed by atoms with Crippen molar-refractivity contribution in [1.29, 1.82) is 0 Å².